The van der Waals surface area contributed by atoms with E-state index >= 15 is 0 Å². The van der Waals surface area contributed by atoms with E-state index in [4.69, 9.17) is 16.3 Å². The van der Waals surface area contributed by atoms with E-state index in [2.05, 4.69) is 15.8 Å². The minimum atomic E-state index is -0.960. The number of hydrazone groups is 1. The zero-order chi connectivity index (χ0) is 18.4. The van der Waals surface area contributed by atoms with Gasteiger partial charge in [0.1, 0.15) is 11.5 Å². The van der Waals surface area contributed by atoms with E-state index in [9.17, 15) is 14.7 Å². The van der Waals surface area contributed by atoms with Crippen LogP contribution in [0.1, 0.15) is 11.1 Å². The molecule has 0 spiro atoms. The number of halogens is 1. The molecule has 0 bridgehead atoms. The van der Waals surface area contributed by atoms with Gasteiger partial charge in [-0.1, -0.05) is 17.7 Å². The zero-order valence-electron chi connectivity index (χ0n) is 13.5. The molecule has 130 valence electrons. The van der Waals surface area contributed by atoms with E-state index < -0.39 is 11.8 Å². The molecule has 0 aliphatic carbocycles. The molecule has 0 saturated carbocycles. The number of methoxy groups -OCH3 is 1. The molecule has 0 radical (unpaired) electrons. The Kier molecular flexibility index (Phi) is 5.97. The van der Waals surface area contributed by atoms with Gasteiger partial charge in [-0.2, -0.15) is 5.10 Å². The summed E-state index contributed by atoms with van der Waals surface area (Å²) in [7, 11) is 1.48. The number of ether oxygens (including phenoxy) is 1. The second-order valence-corrected chi connectivity index (χ2v) is 5.40. The fourth-order valence-electron chi connectivity index (χ4n) is 1.90. The van der Waals surface area contributed by atoms with Crippen LogP contribution in [0.2, 0.25) is 5.02 Å². The van der Waals surface area contributed by atoms with Crippen molar-refractivity contribution >= 4 is 35.3 Å². The van der Waals surface area contributed by atoms with Crippen LogP contribution in [0, 0.1) is 6.92 Å². The van der Waals surface area contributed by atoms with Crippen LogP contribution in [-0.4, -0.2) is 30.2 Å². The molecular weight excluding hydrogens is 346 g/mol. The van der Waals surface area contributed by atoms with Crippen LogP contribution in [0.25, 0.3) is 0 Å². The van der Waals surface area contributed by atoms with Gasteiger partial charge in [0.25, 0.3) is 0 Å². The van der Waals surface area contributed by atoms with Crippen molar-refractivity contribution in [3.05, 3.63) is 52.5 Å². The third-order valence-electron chi connectivity index (χ3n) is 3.33. The molecule has 2 aromatic rings. The Morgan fingerprint density at radius 3 is 2.72 bits per heavy atom. The molecule has 0 atom stereocenters. The van der Waals surface area contributed by atoms with E-state index in [-0.39, 0.29) is 5.75 Å². The first-order chi connectivity index (χ1) is 11.9. The van der Waals surface area contributed by atoms with Crippen LogP contribution < -0.4 is 15.5 Å². The quantitative estimate of drug-likeness (QED) is 0.442. The van der Waals surface area contributed by atoms with E-state index in [0.717, 1.165) is 0 Å². The monoisotopic (exact) mass is 361 g/mol. The number of carbonyl (C=O) groups excluding carboxylic acids is 2. The fraction of sp³-hybridized carbons (Fsp3) is 0.118. The molecule has 2 aromatic carbocycles. The zero-order valence-corrected chi connectivity index (χ0v) is 14.3. The molecule has 7 nitrogen and oxygen atoms in total. The molecule has 0 aliphatic heterocycles. The molecule has 25 heavy (non-hydrogen) atoms. The number of aromatic hydroxyl groups is 1. The topological polar surface area (TPSA) is 100 Å². The number of rotatable bonds is 4. The summed E-state index contributed by atoms with van der Waals surface area (Å²) in [5.74, 6) is -1.38. The van der Waals surface area contributed by atoms with E-state index in [1.54, 1.807) is 31.2 Å². The molecule has 0 unspecified atom stereocenters. The van der Waals surface area contributed by atoms with Crippen LogP contribution in [0.5, 0.6) is 11.5 Å². The lowest BCUT2D eigenvalue weighted by Gasteiger charge is -2.08. The first kappa shape index (κ1) is 18.3. The molecule has 0 aromatic heterocycles. The van der Waals surface area contributed by atoms with E-state index in [1.807, 2.05) is 0 Å². The van der Waals surface area contributed by atoms with Crippen molar-refractivity contribution in [2.24, 2.45) is 5.10 Å². The van der Waals surface area contributed by atoms with Gasteiger partial charge in [-0.3, -0.25) is 9.59 Å². The average Bonchev–Trinajstić information content (AvgIpc) is 2.60. The number of amides is 2. The van der Waals surface area contributed by atoms with E-state index in [1.165, 1.54) is 25.5 Å². The average molecular weight is 362 g/mol. The second-order valence-electron chi connectivity index (χ2n) is 4.99. The lowest BCUT2D eigenvalue weighted by atomic mass is 10.2. The van der Waals surface area contributed by atoms with Gasteiger partial charge in [-0.15, -0.1) is 0 Å². The number of anilines is 1. The third-order valence-corrected chi connectivity index (χ3v) is 3.74. The number of carbonyl (C=O) groups is 2. The first-order valence-electron chi connectivity index (χ1n) is 7.19. The van der Waals surface area contributed by atoms with Gasteiger partial charge in [0.2, 0.25) is 0 Å². The van der Waals surface area contributed by atoms with Gasteiger partial charge in [0, 0.05) is 16.3 Å². The first-order valence-corrected chi connectivity index (χ1v) is 7.56. The highest BCUT2D eigenvalue weighted by Crippen LogP contribution is 2.23. The maximum Gasteiger partial charge on any atom is 0.329 e. The molecule has 2 amide bonds. The Balaban J connectivity index is 2.00. The standard InChI is InChI=1S/C17H16ClN3O4/c1-10-13(18)4-3-5-14(10)20-16(23)17(24)21-19-9-11-8-12(25-2)6-7-15(11)22/h3-9,22H,1-2H3,(H,20,23)(H,21,24)/b19-9-. The van der Waals surface area contributed by atoms with Crippen molar-refractivity contribution in [2.45, 2.75) is 6.92 Å². The van der Waals surface area contributed by atoms with Crippen LogP contribution >= 0.6 is 11.6 Å². The number of phenolic OH excluding ortho intramolecular Hbond substituents is 1. The highest BCUT2D eigenvalue weighted by molar-refractivity contribution is 6.40. The molecule has 8 heteroatoms. The minimum Gasteiger partial charge on any atom is -0.507 e. The van der Waals surface area contributed by atoms with Gasteiger partial charge < -0.3 is 15.2 Å². The maximum absolute atomic E-state index is 11.9. The summed E-state index contributed by atoms with van der Waals surface area (Å²) in [5.41, 5.74) is 3.49. The van der Waals surface area contributed by atoms with Crippen molar-refractivity contribution in [2.75, 3.05) is 12.4 Å². The summed E-state index contributed by atoms with van der Waals surface area (Å²) in [4.78, 5) is 23.7. The number of phenols is 1. The Labute approximate surface area is 149 Å². The largest absolute Gasteiger partial charge is 0.507 e. The lowest BCUT2D eigenvalue weighted by Crippen LogP contribution is -2.32. The smallest absolute Gasteiger partial charge is 0.329 e. The lowest BCUT2D eigenvalue weighted by molar-refractivity contribution is -0.136. The number of hydrogen-bond acceptors (Lipinski definition) is 5. The predicted octanol–water partition coefficient (Wildman–Crippen LogP) is 2.45. The summed E-state index contributed by atoms with van der Waals surface area (Å²) >= 11 is 5.96. The maximum atomic E-state index is 11.9. The molecule has 3 N–H and O–H groups in total. The number of benzene rings is 2. The predicted molar refractivity (Wildman–Crippen MR) is 95.2 cm³/mol. The van der Waals surface area contributed by atoms with Crippen molar-refractivity contribution in [1.82, 2.24) is 5.43 Å². The molecule has 2 rings (SSSR count). The van der Waals surface area contributed by atoms with Crippen molar-refractivity contribution in [3.63, 3.8) is 0 Å². The van der Waals surface area contributed by atoms with E-state index in [0.29, 0.717) is 27.6 Å². The normalized spacial score (nSPS) is 10.5. The van der Waals surface area contributed by atoms with Crippen LogP contribution in [-0.2, 0) is 9.59 Å². The van der Waals surface area contributed by atoms with Gasteiger partial charge in [-0.25, -0.2) is 5.43 Å². The van der Waals surface area contributed by atoms with Crippen molar-refractivity contribution in [1.29, 1.82) is 0 Å². The summed E-state index contributed by atoms with van der Waals surface area (Å²) in [6.07, 6.45) is 1.20. The summed E-state index contributed by atoms with van der Waals surface area (Å²) < 4.78 is 5.03. The Morgan fingerprint density at radius 2 is 2.00 bits per heavy atom. The number of hydrogen-bond donors (Lipinski definition) is 3. The highest BCUT2D eigenvalue weighted by Gasteiger charge is 2.14. The number of nitrogens with one attached hydrogen (secondary N) is 2. The Bertz CT molecular complexity index is 837. The molecule has 0 aliphatic rings. The van der Waals surface area contributed by atoms with Crippen LogP contribution in [0.4, 0.5) is 5.69 Å². The summed E-state index contributed by atoms with van der Waals surface area (Å²) in [5, 5.41) is 16.3. The summed E-state index contributed by atoms with van der Waals surface area (Å²) in [6.45, 7) is 1.72. The Hall–Kier alpha value is -3.06. The third kappa shape index (κ3) is 4.71. The summed E-state index contributed by atoms with van der Waals surface area (Å²) in [6, 6.07) is 9.50. The van der Waals surface area contributed by atoms with Gasteiger partial charge in [0.15, 0.2) is 0 Å². The van der Waals surface area contributed by atoms with Gasteiger partial charge >= 0.3 is 11.8 Å². The number of nitrogens with zero attached hydrogens (tertiary/aromatic N) is 1. The van der Waals surface area contributed by atoms with Crippen molar-refractivity contribution < 1.29 is 19.4 Å². The fourth-order valence-corrected chi connectivity index (χ4v) is 2.07. The highest BCUT2D eigenvalue weighted by atomic mass is 35.5. The Morgan fingerprint density at radius 1 is 1.24 bits per heavy atom. The molecular formula is C17H16ClN3O4. The van der Waals surface area contributed by atoms with Gasteiger partial charge in [-0.05, 0) is 42.8 Å². The van der Waals surface area contributed by atoms with Crippen LogP contribution in [0.15, 0.2) is 41.5 Å². The minimum absolute atomic E-state index is 0.0437. The van der Waals surface area contributed by atoms with Gasteiger partial charge in [0.05, 0.1) is 13.3 Å². The molecule has 0 saturated heterocycles. The van der Waals surface area contributed by atoms with Crippen molar-refractivity contribution in [3.8, 4) is 11.5 Å². The SMILES string of the molecule is COc1ccc(O)c(/C=N\NC(=O)C(=O)Nc2cccc(Cl)c2C)c1. The second kappa shape index (κ2) is 8.16. The molecule has 0 heterocycles. The van der Waals surface area contributed by atoms with Crippen LogP contribution in [0.3, 0.4) is 0 Å². The molecule has 0 fully saturated rings.